The number of nitrogens with zero attached hydrogens (tertiary/aromatic N) is 3. The lowest BCUT2D eigenvalue weighted by Crippen LogP contribution is -2.13. The molecule has 0 aromatic carbocycles. The van der Waals surface area contributed by atoms with Gasteiger partial charge in [-0.25, -0.2) is 0 Å². The van der Waals surface area contributed by atoms with E-state index >= 15 is 0 Å². The molecule has 1 aromatic rings. The maximum atomic E-state index is 10.6. The number of carboxylic acids is 1. The molecule has 0 spiro atoms. The average Bonchev–Trinajstić information content (AvgIpc) is 2.59. The van der Waals surface area contributed by atoms with Crippen molar-refractivity contribution in [2.24, 2.45) is 5.92 Å². The van der Waals surface area contributed by atoms with Crippen molar-refractivity contribution in [3.63, 3.8) is 0 Å². The summed E-state index contributed by atoms with van der Waals surface area (Å²) < 4.78 is 1.99. The summed E-state index contributed by atoms with van der Waals surface area (Å²) in [6, 6.07) is 0. The van der Waals surface area contributed by atoms with E-state index in [4.69, 9.17) is 5.11 Å². The molecule has 0 saturated carbocycles. The van der Waals surface area contributed by atoms with Gasteiger partial charge in [0.2, 0.25) is 5.95 Å². The molecule has 0 amide bonds. The quantitative estimate of drug-likeness (QED) is 0.752. The van der Waals surface area contributed by atoms with Crippen LogP contribution in [0.1, 0.15) is 33.0 Å². The normalized spacial score (nSPS) is 12.4. The summed E-state index contributed by atoms with van der Waals surface area (Å²) in [4.78, 5) is 10.6. The van der Waals surface area contributed by atoms with Crippen molar-refractivity contribution in [2.75, 3.05) is 11.9 Å². The molecule has 1 atom stereocenters. The minimum Gasteiger partial charge on any atom is -0.481 e. The van der Waals surface area contributed by atoms with Crippen LogP contribution >= 0.6 is 0 Å². The van der Waals surface area contributed by atoms with E-state index in [2.05, 4.69) is 15.5 Å². The Morgan fingerprint density at radius 2 is 2.18 bits per heavy atom. The molecule has 0 saturated heterocycles. The van der Waals surface area contributed by atoms with Crippen molar-refractivity contribution in [3.8, 4) is 0 Å². The van der Waals surface area contributed by atoms with Gasteiger partial charge < -0.3 is 10.4 Å². The van der Waals surface area contributed by atoms with Gasteiger partial charge in [0.15, 0.2) is 0 Å². The number of carbonyl (C=O) groups is 1. The van der Waals surface area contributed by atoms with Crippen LogP contribution in [0.25, 0.3) is 0 Å². The van der Waals surface area contributed by atoms with Gasteiger partial charge in [-0.3, -0.25) is 9.36 Å². The fourth-order valence-electron chi connectivity index (χ4n) is 1.79. The highest BCUT2D eigenvalue weighted by molar-refractivity contribution is 5.66. The Balaban J connectivity index is 2.73. The van der Waals surface area contributed by atoms with Crippen LogP contribution in [0.2, 0.25) is 0 Å². The molecule has 0 aliphatic heterocycles. The Labute approximate surface area is 101 Å². The molecule has 6 nitrogen and oxygen atoms in total. The first-order valence-electron chi connectivity index (χ1n) is 5.96. The Bertz CT molecular complexity index is 376. The number of hydrogen-bond acceptors (Lipinski definition) is 4. The topological polar surface area (TPSA) is 80.0 Å². The highest BCUT2D eigenvalue weighted by Crippen LogP contribution is 2.14. The van der Waals surface area contributed by atoms with E-state index in [9.17, 15) is 4.79 Å². The molecular formula is C11H20N4O2. The third-order valence-electron chi connectivity index (χ3n) is 2.53. The lowest BCUT2D eigenvalue weighted by atomic mass is 10.0. The Morgan fingerprint density at radius 3 is 2.71 bits per heavy atom. The first-order valence-corrected chi connectivity index (χ1v) is 5.96. The number of aromatic nitrogens is 3. The second-order valence-corrected chi connectivity index (χ2v) is 4.12. The van der Waals surface area contributed by atoms with Gasteiger partial charge in [0, 0.05) is 25.9 Å². The van der Waals surface area contributed by atoms with Gasteiger partial charge in [-0.1, -0.05) is 6.92 Å². The largest absolute Gasteiger partial charge is 0.481 e. The number of nitrogens with one attached hydrogen (secondary N) is 1. The maximum absolute atomic E-state index is 10.6. The van der Waals surface area contributed by atoms with E-state index in [-0.39, 0.29) is 12.3 Å². The highest BCUT2D eigenvalue weighted by atomic mass is 16.4. The summed E-state index contributed by atoms with van der Waals surface area (Å²) in [5.41, 5.74) is 0. The van der Waals surface area contributed by atoms with E-state index in [1.807, 2.05) is 25.3 Å². The Kier molecular flexibility index (Phi) is 4.93. The summed E-state index contributed by atoms with van der Waals surface area (Å²) in [6.45, 7) is 7.51. The van der Waals surface area contributed by atoms with E-state index in [1.54, 1.807) is 0 Å². The van der Waals surface area contributed by atoms with Gasteiger partial charge >= 0.3 is 5.97 Å². The predicted molar refractivity (Wildman–Crippen MR) is 65.0 cm³/mol. The zero-order valence-electron chi connectivity index (χ0n) is 10.6. The van der Waals surface area contributed by atoms with Gasteiger partial charge in [-0.2, -0.15) is 0 Å². The van der Waals surface area contributed by atoms with Gasteiger partial charge in [0.05, 0.1) is 0 Å². The second kappa shape index (κ2) is 6.22. The van der Waals surface area contributed by atoms with Crippen LogP contribution in [0.5, 0.6) is 0 Å². The lowest BCUT2D eigenvalue weighted by Gasteiger charge is -2.10. The van der Waals surface area contributed by atoms with Crippen LogP contribution in [-0.2, 0) is 17.8 Å². The van der Waals surface area contributed by atoms with Crippen molar-refractivity contribution in [1.29, 1.82) is 0 Å². The molecular weight excluding hydrogens is 220 g/mol. The second-order valence-electron chi connectivity index (χ2n) is 4.12. The van der Waals surface area contributed by atoms with E-state index in [0.29, 0.717) is 6.42 Å². The number of anilines is 1. The summed E-state index contributed by atoms with van der Waals surface area (Å²) in [5, 5.41) is 20.0. The van der Waals surface area contributed by atoms with Crippen molar-refractivity contribution >= 4 is 11.9 Å². The van der Waals surface area contributed by atoms with Gasteiger partial charge in [0.1, 0.15) is 5.82 Å². The monoisotopic (exact) mass is 240 g/mol. The van der Waals surface area contributed by atoms with Crippen molar-refractivity contribution in [3.05, 3.63) is 5.82 Å². The standard InChI is InChI=1S/C11H20N4O2/c1-4-12-11-14-13-9(15(11)5-2)6-8(3)7-10(16)17/h8H,4-7H2,1-3H3,(H,12,14)(H,16,17). The SMILES string of the molecule is CCNc1nnc(CC(C)CC(=O)O)n1CC. The first kappa shape index (κ1) is 13.5. The van der Waals surface area contributed by atoms with Crippen LogP contribution in [0, 0.1) is 5.92 Å². The number of carboxylic acid groups (broad SMARTS) is 1. The summed E-state index contributed by atoms with van der Waals surface area (Å²) in [6.07, 6.45) is 0.797. The molecule has 6 heteroatoms. The zero-order chi connectivity index (χ0) is 12.8. The Morgan fingerprint density at radius 1 is 1.47 bits per heavy atom. The predicted octanol–water partition coefficient (Wildman–Crippen LogP) is 1.38. The number of aliphatic carboxylic acids is 1. The molecule has 0 radical (unpaired) electrons. The van der Waals surface area contributed by atoms with Crippen LogP contribution in [-0.4, -0.2) is 32.4 Å². The van der Waals surface area contributed by atoms with E-state index in [1.165, 1.54) is 0 Å². The van der Waals surface area contributed by atoms with Crippen LogP contribution < -0.4 is 5.32 Å². The lowest BCUT2D eigenvalue weighted by molar-refractivity contribution is -0.137. The maximum Gasteiger partial charge on any atom is 0.303 e. The number of hydrogen-bond donors (Lipinski definition) is 2. The summed E-state index contributed by atoms with van der Waals surface area (Å²) in [5.74, 6) is 0.896. The van der Waals surface area contributed by atoms with E-state index < -0.39 is 5.97 Å². The average molecular weight is 240 g/mol. The minimum atomic E-state index is -0.771. The molecule has 17 heavy (non-hydrogen) atoms. The van der Waals surface area contributed by atoms with Crippen molar-refractivity contribution < 1.29 is 9.90 Å². The van der Waals surface area contributed by atoms with Crippen molar-refractivity contribution in [2.45, 2.75) is 40.2 Å². The molecule has 0 aliphatic carbocycles. The summed E-state index contributed by atoms with van der Waals surface area (Å²) in [7, 11) is 0. The zero-order valence-corrected chi connectivity index (χ0v) is 10.6. The first-order chi connectivity index (χ1) is 8.08. The van der Waals surface area contributed by atoms with Crippen molar-refractivity contribution in [1.82, 2.24) is 14.8 Å². The molecule has 1 heterocycles. The molecule has 1 aromatic heterocycles. The molecule has 0 fully saturated rings. The number of rotatable bonds is 7. The smallest absolute Gasteiger partial charge is 0.303 e. The molecule has 96 valence electrons. The fourth-order valence-corrected chi connectivity index (χ4v) is 1.79. The third-order valence-corrected chi connectivity index (χ3v) is 2.53. The summed E-state index contributed by atoms with van der Waals surface area (Å²) >= 11 is 0. The molecule has 2 N–H and O–H groups in total. The van der Waals surface area contributed by atoms with Gasteiger partial charge in [-0.05, 0) is 19.8 Å². The van der Waals surface area contributed by atoms with Crippen LogP contribution in [0.3, 0.4) is 0 Å². The van der Waals surface area contributed by atoms with Gasteiger partial charge in [-0.15, -0.1) is 10.2 Å². The molecule has 1 rings (SSSR count). The molecule has 0 bridgehead atoms. The Hall–Kier alpha value is -1.59. The third kappa shape index (κ3) is 3.72. The highest BCUT2D eigenvalue weighted by Gasteiger charge is 2.15. The van der Waals surface area contributed by atoms with E-state index in [0.717, 1.165) is 24.9 Å². The molecule has 0 aliphatic rings. The van der Waals surface area contributed by atoms with Crippen LogP contribution in [0.4, 0.5) is 5.95 Å². The fraction of sp³-hybridized carbons (Fsp3) is 0.727. The minimum absolute atomic E-state index is 0.0662. The molecule has 1 unspecified atom stereocenters. The van der Waals surface area contributed by atoms with Crippen LogP contribution in [0.15, 0.2) is 0 Å². The van der Waals surface area contributed by atoms with Gasteiger partial charge in [0.25, 0.3) is 0 Å².